The van der Waals surface area contributed by atoms with Gasteiger partial charge in [0.1, 0.15) is 18.7 Å². The Hall–Kier alpha value is -1.73. The molecule has 1 aliphatic rings. The maximum absolute atomic E-state index is 4.58. The summed E-state index contributed by atoms with van der Waals surface area (Å²) in [6.07, 6.45) is 1.69. The predicted octanol–water partition coefficient (Wildman–Crippen LogP) is 2.14. The third kappa shape index (κ3) is 3.37. The highest BCUT2D eigenvalue weighted by Gasteiger charge is 2.22. The maximum Gasteiger partial charge on any atom is 0.140 e. The van der Waals surface area contributed by atoms with Crippen LogP contribution >= 0.6 is 22.6 Å². The molecule has 2 aromatic carbocycles. The molecule has 122 valence electrons. The summed E-state index contributed by atoms with van der Waals surface area (Å²) in [4.78, 5) is 13.0. The van der Waals surface area contributed by atoms with Crippen molar-refractivity contribution in [2.45, 2.75) is 6.54 Å². The molecule has 2 heterocycles. The summed E-state index contributed by atoms with van der Waals surface area (Å²) < 4.78 is 1.23. The minimum Gasteiger partial charge on any atom is -0.345 e. The largest absolute Gasteiger partial charge is 0.345 e. The average Bonchev–Trinajstić information content (AvgIpc) is 2.63. The summed E-state index contributed by atoms with van der Waals surface area (Å²) >= 11 is 2.35. The van der Waals surface area contributed by atoms with Crippen LogP contribution < -0.4 is 9.80 Å². The van der Waals surface area contributed by atoms with E-state index in [2.05, 4.69) is 86.0 Å². The number of nitrogens with one attached hydrogen (secondary N) is 1. The molecule has 1 saturated heterocycles. The van der Waals surface area contributed by atoms with E-state index in [-0.39, 0.29) is 0 Å². The lowest BCUT2D eigenvalue weighted by molar-refractivity contribution is -0.914. The standard InChI is InChI=1S/C19H19IN4/c20-16-6-7-18-17(12-16)19(22-14-21-18)24-10-8-23(9-11-24)13-15-4-2-1-3-5-15/h1-7,12,14H,8-11,13H2/p+1. The Balaban J connectivity index is 1.49. The smallest absolute Gasteiger partial charge is 0.140 e. The fourth-order valence-electron chi connectivity index (χ4n) is 3.36. The van der Waals surface area contributed by atoms with Gasteiger partial charge in [-0.1, -0.05) is 30.3 Å². The van der Waals surface area contributed by atoms with E-state index in [1.54, 1.807) is 11.2 Å². The van der Waals surface area contributed by atoms with E-state index >= 15 is 0 Å². The van der Waals surface area contributed by atoms with Crippen molar-refractivity contribution in [3.8, 4) is 0 Å². The van der Waals surface area contributed by atoms with Gasteiger partial charge in [0, 0.05) is 14.5 Å². The molecule has 1 aromatic heterocycles. The number of fused-ring (bicyclic) bond motifs is 1. The molecule has 1 fully saturated rings. The number of halogens is 1. The van der Waals surface area contributed by atoms with Gasteiger partial charge in [-0.2, -0.15) is 0 Å². The molecule has 0 bridgehead atoms. The van der Waals surface area contributed by atoms with Gasteiger partial charge >= 0.3 is 0 Å². The number of aromatic nitrogens is 2. The van der Waals surface area contributed by atoms with Crippen molar-refractivity contribution in [1.29, 1.82) is 0 Å². The molecule has 0 amide bonds. The van der Waals surface area contributed by atoms with E-state index in [1.807, 2.05) is 0 Å². The molecule has 1 N–H and O–H groups in total. The normalized spacial score (nSPS) is 15.8. The fraction of sp³-hybridized carbons (Fsp3) is 0.263. The Labute approximate surface area is 155 Å². The zero-order chi connectivity index (χ0) is 16.4. The number of hydrogen-bond acceptors (Lipinski definition) is 3. The van der Waals surface area contributed by atoms with Crippen LogP contribution in [-0.2, 0) is 6.54 Å². The number of piperazine rings is 1. The van der Waals surface area contributed by atoms with Crippen LogP contribution in [-0.4, -0.2) is 36.1 Å². The lowest BCUT2D eigenvalue weighted by Gasteiger charge is -2.33. The van der Waals surface area contributed by atoms with Gasteiger partial charge in [0.2, 0.25) is 0 Å². The molecule has 1 aliphatic heterocycles. The summed E-state index contributed by atoms with van der Waals surface area (Å²) in [5, 5.41) is 1.16. The van der Waals surface area contributed by atoms with Crippen molar-refractivity contribution >= 4 is 39.3 Å². The van der Waals surface area contributed by atoms with E-state index in [1.165, 1.54) is 9.13 Å². The van der Waals surface area contributed by atoms with Crippen LogP contribution in [0.15, 0.2) is 54.9 Å². The molecule has 24 heavy (non-hydrogen) atoms. The van der Waals surface area contributed by atoms with Gasteiger partial charge < -0.3 is 9.80 Å². The van der Waals surface area contributed by atoms with Crippen LogP contribution in [0.5, 0.6) is 0 Å². The molecule has 3 aromatic rings. The predicted molar refractivity (Wildman–Crippen MR) is 105 cm³/mol. The highest BCUT2D eigenvalue weighted by Crippen LogP contribution is 2.24. The maximum atomic E-state index is 4.58. The van der Waals surface area contributed by atoms with Crippen LogP contribution in [0, 0.1) is 3.57 Å². The lowest BCUT2D eigenvalue weighted by Crippen LogP contribution is -3.13. The van der Waals surface area contributed by atoms with Crippen molar-refractivity contribution in [3.63, 3.8) is 0 Å². The molecule has 0 atom stereocenters. The summed E-state index contributed by atoms with van der Waals surface area (Å²) in [6.45, 7) is 5.48. The number of quaternary nitrogens is 1. The van der Waals surface area contributed by atoms with Crippen molar-refractivity contribution in [2.24, 2.45) is 0 Å². The molecule has 0 aliphatic carbocycles. The molecule has 0 radical (unpaired) electrons. The van der Waals surface area contributed by atoms with E-state index in [4.69, 9.17) is 0 Å². The second kappa shape index (κ2) is 7.03. The average molecular weight is 431 g/mol. The number of nitrogens with zero attached hydrogens (tertiary/aromatic N) is 3. The Morgan fingerprint density at radius 3 is 2.58 bits per heavy atom. The van der Waals surface area contributed by atoms with Crippen LogP contribution in [0.2, 0.25) is 0 Å². The summed E-state index contributed by atoms with van der Waals surface area (Å²) in [6, 6.07) is 17.1. The Morgan fingerprint density at radius 2 is 1.79 bits per heavy atom. The Kier molecular flexibility index (Phi) is 4.62. The first-order valence-corrected chi connectivity index (χ1v) is 9.40. The zero-order valence-electron chi connectivity index (χ0n) is 13.5. The van der Waals surface area contributed by atoms with Crippen molar-refractivity contribution in [1.82, 2.24) is 9.97 Å². The van der Waals surface area contributed by atoms with Gasteiger partial charge in [-0.25, -0.2) is 9.97 Å². The number of anilines is 1. The SMILES string of the molecule is Ic1ccc2ncnc(N3CC[NH+](Cc4ccccc4)CC3)c2c1. The van der Waals surface area contributed by atoms with E-state index in [0.29, 0.717) is 0 Å². The molecule has 5 heteroatoms. The van der Waals surface area contributed by atoms with E-state index in [9.17, 15) is 0 Å². The first-order chi connectivity index (χ1) is 11.8. The zero-order valence-corrected chi connectivity index (χ0v) is 15.6. The van der Waals surface area contributed by atoms with Gasteiger partial charge in [0.15, 0.2) is 0 Å². The van der Waals surface area contributed by atoms with Crippen molar-refractivity contribution < 1.29 is 4.90 Å². The summed E-state index contributed by atoms with van der Waals surface area (Å²) in [5.41, 5.74) is 2.45. The Bertz CT molecular complexity index is 829. The Morgan fingerprint density at radius 1 is 1.00 bits per heavy atom. The van der Waals surface area contributed by atoms with Gasteiger partial charge in [0.05, 0.1) is 31.7 Å². The first kappa shape index (κ1) is 15.8. The lowest BCUT2D eigenvalue weighted by atomic mass is 10.2. The quantitative estimate of drug-likeness (QED) is 0.646. The molecule has 0 spiro atoms. The molecule has 4 nitrogen and oxygen atoms in total. The fourth-order valence-corrected chi connectivity index (χ4v) is 3.85. The topological polar surface area (TPSA) is 33.5 Å². The molecular formula is C19H20IN4+. The van der Waals surface area contributed by atoms with E-state index in [0.717, 1.165) is 49.4 Å². The molecule has 0 saturated carbocycles. The van der Waals surface area contributed by atoms with Crippen molar-refractivity contribution in [3.05, 3.63) is 64.0 Å². The number of rotatable bonds is 3. The number of benzene rings is 2. The minimum absolute atomic E-state index is 1.03. The molecule has 0 unspecified atom stereocenters. The number of hydrogen-bond donors (Lipinski definition) is 1. The van der Waals surface area contributed by atoms with Gasteiger partial charge in [-0.15, -0.1) is 0 Å². The second-order valence-electron chi connectivity index (χ2n) is 6.26. The van der Waals surface area contributed by atoms with Gasteiger partial charge in [-0.3, -0.25) is 0 Å². The highest BCUT2D eigenvalue weighted by molar-refractivity contribution is 14.1. The minimum atomic E-state index is 1.03. The van der Waals surface area contributed by atoms with Crippen LogP contribution in [0.4, 0.5) is 5.82 Å². The van der Waals surface area contributed by atoms with Crippen LogP contribution in [0.25, 0.3) is 10.9 Å². The third-order valence-corrected chi connectivity index (χ3v) is 5.31. The highest BCUT2D eigenvalue weighted by atomic mass is 127. The van der Waals surface area contributed by atoms with Gasteiger partial charge in [0.25, 0.3) is 0 Å². The second-order valence-corrected chi connectivity index (χ2v) is 7.50. The van der Waals surface area contributed by atoms with Crippen molar-refractivity contribution in [2.75, 3.05) is 31.1 Å². The summed E-state index contributed by atoms with van der Waals surface area (Å²) in [7, 11) is 0. The molecular weight excluding hydrogens is 411 g/mol. The molecule has 4 rings (SSSR count). The van der Waals surface area contributed by atoms with Gasteiger partial charge in [-0.05, 0) is 40.8 Å². The monoisotopic (exact) mass is 431 g/mol. The van der Waals surface area contributed by atoms with E-state index < -0.39 is 0 Å². The third-order valence-electron chi connectivity index (χ3n) is 4.64. The van der Waals surface area contributed by atoms with Crippen LogP contribution in [0.1, 0.15) is 5.56 Å². The summed E-state index contributed by atoms with van der Waals surface area (Å²) in [5.74, 6) is 1.08. The van der Waals surface area contributed by atoms with Crippen LogP contribution in [0.3, 0.4) is 0 Å². The first-order valence-electron chi connectivity index (χ1n) is 8.32.